The van der Waals surface area contributed by atoms with E-state index in [4.69, 9.17) is 0 Å². The summed E-state index contributed by atoms with van der Waals surface area (Å²) in [4.78, 5) is 31.4. The Kier molecular flexibility index (Phi) is 13.0. The molecular formula is C34H55N3O3. The highest BCUT2D eigenvalue weighted by molar-refractivity contribution is 6.12. The fourth-order valence-electron chi connectivity index (χ4n) is 6.27. The van der Waals surface area contributed by atoms with Crippen molar-refractivity contribution in [2.75, 3.05) is 26.7 Å². The average Bonchev–Trinajstić information content (AvgIpc) is 3.24. The number of likely N-dealkylation sites (tertiary alicyclic amines) is 1. The van der Waals surface area contributed by atoms with Crippen molar-refractivity contribution in [1.29, 1.82) is 0 Å². The van der Waals surface area contributed by atoms with Crippen molar-refractivity contribution in [2.24, 2.45) is 0 Å². The molecule has 1 fully saturated rings. The molecule has 2 heterocycles. The number of phenols is 1. The molecule has 0 saturated carbocycles. The summed E-state index contributed by atoms with van der Waals surface area (Å²) in [5.41, 5.74) is 3.73. The molecule has 1 aromatic heterocycles. The number of fused-ring (bicyclic) bond motifs is 1. The lowest BCUT2D eigenvalue weighted by molar-refractivity contribution is 0.0793. The molecule has 0 radical (unpaired) electrons. The number of carbonyl (C=O) groups excluding carboxylic acids is 2. The molecule has 2 aromatic rings. The predicted octanol–water partition coefficient (Wildman–Crippen LogP) is 8.25. The van der Waals surface area contributed by atoms with Gasteiger partial charge in [0.2, 0.25) is 0 Å². The van der Waals surface area contributed by atoms with E-state index in [1.807, 2.05) is 24.9 Å². The number of benzene rings is 1. The number of rotatable bonds is 17. The Morgan fingerprint density at radius 1 is 0.900 bits per heavy atom. The quantitative estimate of drug-likeness (QED) is 0.158. The Balaban J connectivity index is 2.07. The number of ketones is 1. The van der Waals surface area contributed by atoms with Gasteiger partial charge in [0.15, 0.2) is 5.78 Å². The third kappa shape index (κ3) is 7.90. The van der Waals surface area contributed by atoms with Crippen molar-refractivity contribution < 1.29 is 14.7 Å². The molecule has 1 saturated heterocycles. The molecule has 6 heteroatoms. The molecule has 1 aromatic carbocycles. The van der Waals surface area contributed by atoms with Gasteiger partial charge in [0.1, 0.15) is 5.75 Å². The summed E-state index contributed by atoms with van der Waals surface area (Å²) in [6.45, 7) is 12.4. The molecule has 0 spiro atoms. The van der Waals surface area contributed by atoms with Gasteiger partial charge in [-0.15, -0.1) is 0 Å². The highest BCUT2D eigenvalue weighted by Crippen LogP contribution is 2.39. The molecule has 1 aliphatic rings. The van der Waals surface area contributed by atoms with E-state index in [2.05, 4.69) is 30.2 Å². The summed E-state index contributed by atoms with van der Waals surface area (Å²) in [5, 5.41) is 12.4. The van der Waals surface area contributed by atoms with Crippen LogP contribution in [0.2, 0.25) is 0 Å². The van der Waals surface area contributed by atoms with E-state index in [1.54, 1.807) is 0 Å². The van der Waals surface area contributed by atoms with E-state index in [0.29, 0.717) is 24.1 Å². The minimum Gasteiger partial charge on any atom is -0.507 e. The molecule has 40 heavy (non-hydrogen) atoms. The standard InChI is InChI=1S/C34H55N3O3/c1-6-9-11-13-14-16-20-35(5)34(40)31-26(4)37(23-19-12-10-7-2)29-24-27(30(38)8-3)33(39)28(32(29)31)25-36-21-17-15-18-22-36/h24,39H,6-23,25H2,1-5H3. The van der Waals surface area contributed by atoms with Gasteiger partial charge in [0.25, 0.3) is 5.91 Å². The number of piperidine rings is 1. The van der Waals surface area contributed by atoms with Crippen LogP contribution in [0, 0.1) is 6.92 Å². The first-order valence-corrected chi connectivity index (χ1v) is 16.2. The van der Waals surface area contributed by atoms with Gasteiger partial charge in [0.05, 0.1) is 16.6 Å². The summed E-state index contributed by atoms with van der Waals surface area (Å²) in [6, 6.07) is 1.87. The van der Waals surface area contributed by atoms with Crippen LogP contribution in [0.5, 0.6) is 5.75 Å². The predicted molar refractivity (Wildman–Crippen MR) is 167 cm³/mol. The summed E-state index contributed by atoms with van der Waals surface area (Å²) >= 11 is 0. The van der Waals surface area contributed by atoms with Gasteiger partial charge in [-0.1, -0.05) is 78.6 Å². The second-order valence-corrected chi connectivity index (χ2v) is 11.9. The first-order valence-electron chi connectivity index (χ1n) is 16.2. The maximum Gasteiger partial charge on any atom is 0.256 e. The van der Waals surface area contributed by atoms with Crippen LogP contribution < -0.4 is 0 Å². The van der Waals surface area contributed by atoms with Gasteiger partial charge in [0, 0.05) is 49.7 Å². The maximum absolute atomic E-state index is 14.1. The molecule has 0 bridgehead atoms. The highest BCUT2D eigenvalue weighted by atomic mass is 16.3. The number of Topliss-reactive ketones (excluding diaryl/α,β-unsaturated/α-hetero) is 1. The summed E-state index contributed by atoms with van der Waals surface area (Å²) in [7, 11) is 1.91. The van der Waals surface area contributed by atoms with Crippen LogP contribution in [0.15, 0.2) is 6.07 Å². The zero-order valence-corrected chi connectivity index (χ0v) is 26.1. The molecule has 0 atom stereocenters. The summed E-state index contributed by atoms with van der Waals surface area (Å²) in [6.07, 6.45) is 15.5. The van der Waals surface area contributed by atoms with E-state index < -0.39 is 0 Å². The van der Waals surface area contributed by atoms with Crippen LogP contribution in [-0.2, 0) is 13.1 Å². The van der Waals surface area contributed by atoms with Crippen molar-refractivity contribution in [3.05, 3.63) is 28.5 Å². The lowest BCUT2D eigenvalue weighted by Crippen LogP contribution is -2.30. The molecule has 1 N–H and O–H groups in total. The number of aromatic hydroxyl groups is 1. The Bertz CT molecular complexity index is 1110. The van der Waals surface area contributed by atoms with E-state index in [0.717, 1.165) is 86.9 Å². The number of carbonyl (C=O) groups is 2. The van der Waals surface area contributed by atoms with Crippen molar-refractivity contribution in [1.82, 2.24) is 14.4 Å². The van der Waals surface area contributed by atoms with Crippen LogP contribution in [0.1, 0.15) is 143 Å². The number of hydrogen-bond donors (Lipinski definition) is 1. The lowest BCUT2D eigenvalue weighted by atomic mass is 9.96. The molecule has 3 rings (SSSR count). The second kappa shape index (κ2) is 16.2. The Morgan fingerprint density at radius 3 is 2.17 bits per heavy atom. The highest BCUT2D eigenvalue weighted by Gasteiger charge is 2.29. The molecule has 0 aliphatic carbocycles. The SMILES string of the molecule is CCCCCCCCN(C)C(=O)c1c(C)n(CCCCCC)c2cc(C(=O)CC)c(O)c(CN3CCCCC3)c12. The van der Waals surface area contributed by atoms with Crippen LogP contribution in [-0.4, -0.2) is 57.8 Å². The Labute approximate surface area is 243 Å². The molecule has 1 amide bonds. The van der Waals surface area contributed by atoms with Crippen molar-refractivity contribution >= 4 is 22.6 Å². The molecular weight excluding hydrogens is 498 g/mol. The van der Waals surface area contributed by atoms with Crippen molar-refractivity contribution in [2.45, 2.75) is 131 Å². The third-order valence-corrected chi connectivity index (χ3v) is 8.78. The number of aryl methyl sites for hydroxylation is 1. The number of nitrogens with zero attached hydrogens (tertiary/aromatic N) is 3. The van der Waals surface area contributed by atoms with E-state index >= 15 is 0 Å². The molecule has 6 nitrogen and oxygen atoms in total. The van der Waals surface area contributed by atoms with E-state index in [1.165, 1.54) is 44.9 Å². The van der Waals surface area contributed by atoms with Gasteiger partial charge >= 0.3 is 0 Å². The normalized spacial score (nSPS) is 14.2. The fourth-order valence-corrected chi connectivity index (χ4v) is 6.27. The lowest BCUT2D eigenvalue weighted by Gasteiger charge is -2.27. The number of amides is 1. The van der Waals surface area contributed by atoms with Gasteiger partial charge in [-0.05, 0) is 51.8 Å². The number of hydrogen-bond acceptors (Lipinski definition) is 4. The first-order chi connectivity index (χ1) is 19.3. The fraction of sp³-hybridized carbons (Fsp3) is 0.706. The zero-order valence-electron chi connectivity index (χ0n) is 26.1. The van der Waals surface area contributed by atoms with Crippen LogP contribution >= 0.6 is 0 Å². The number of unbranched alkanes of at least 4 members (excludes halogenated alkanes) is 8. The van der Waals surface area contributed by atoms with Crippen molar-refractivity contribution in [3.63, 3.8) is 0 Å². The number of aromatic nitrogens is 1. The van der Waals surface area contributed by atoms with Gasteiger partial charge in [-0.3, -0.25) is 14.5 Å². The first kappa shape index (κ1) is 32.2. The molecule has 0 unspecified atom stereocenters. The Hall–Kier alpha value is -2.34. The average molecular weight is 554 g/mol. The number of phenolic OH excluding ortho intramolecular Hbond substituents is 1. The topological polar surface area (TPSA) is 65.8 Å². The van der Waals surface area contributed by atoms with Crippen molar-refractivity contribution in [3.8, 4) is 5.75 Å². The maximum atomic E-state index is 14.1. The van der Waals surface area contributed by atoms with Gasteiger partial charge in [-0.25, -0.2) is 0 Å². The second-order valence-electron chi connectivity index (χ2n) is 11.9. The molecule has 224 valence electrons. The van der Waals surface area contributed by atoms with E-state index in [-0.39, 0.29) is 17.4 Å². The zero-order chi connectivity index (χ0) is 29.1. The smallest absolute Gasteiger partial charge is 0.256 e. The van der Waals surface area contributed by atoms with Crippen LogP contribution in [0.4, 0.5) is 0 Å². The van der Waals surface area contributed by atoms with E-state index in [9.17, 15) is 14.7 Å². The Morgan fingerprint density at radius 2 is 1.52 bits per heavy atom. The van der Waals surface area contributed by atoms with Crippen LogP contribution in [0.25, 0.3) is 10.9 Å². The summed E-state index contributed by atoms with van der Waals surface area (Å²) < 4.78 is 2.25. The monoisotopic (exact) mass is 553 g/mol. The largest absolute Gasteiger partial charge is 0.507 e. The minimum atomic E-state index is -0.0521. The minimum absolute atomic E-state index is 0.0252. The third-order valence-electron chi connectivity index (χ3n) is 8.78. The summed E-state index contributed by atoms with van der Waals surface area (Å²) in [5.74, 6) is 0.0432. The van der Waals surface area contributed by atoms with Gasteiger partial charge < -0.3 is 14.6 Å². The van der Waals surface area contributed by atoms with Gasteiger partial charge in [-0.2, -0.15) is 0 Å². The molecule has 1 aliphatic heterocycles. The van der Waals surface area contributed by atoms with Crippen LogP contribution in [0.3, 0.4) is 0 Å².